The van der Waals surface area contributed by atoms with Crippen LogP contribution in [0.25, 0.3) is 0 Å². The van der Waals surface area contributed by atoms with Crippen LogP contribution < -0.4 is 5.32 Å². The highest BCUT2D eigenvalue weighted by atomic mass is 35.5. The van der Waals surface area contributed by atoms with Crippen molar-refractivity contribution in [2.75, 3.05) is 45.9 Å². The van der Waals surface area contributed by atoms with Gasteiger partial charge in [-0.1, -0.05) is 6.92 Å². The number of nitrogens with one attached hydrogen (secondary N) is 1. The first-order valence-electron chi connectivity index (χ1n) is 8.57. The second-order valence-electron chi connectivity index (χ2n) is 6.13. The molecule has 0 bridgehead atoms. The van der Waals surface area contributed by atoms with Gasteiger partial charge in [0, 0.05) is 51.3 Å². The van der Waals surface area contributed by atoms with Gasteiger partial charge in [-0.2, -0.15) is 0 Å². The van der Waals surface area contributed by atoms with E-state index in [4.69, 9.17) is 4.74 Å². The molecule has 0 aromatic rings. The van der Waals surface area contributed by atoms with Crippen LogP contribution in [0, 0.1) is 0 Å². The normalized spacial score (nSPS) is 24.9. The third kappa shape index (κ3) is 7.14. The van der Waals surface area contributed by atoms with Crippen molar-refractivity contribution in [1.29, 1.82) is 0 Å². The van der Waals surface area contributed by atoms with Crippen LogP contribution in [-0.2, 0) is 9.53 Å². The molecule has 2 aliphatic heterocycles. The standard InChI is InChI=1S/C16H31N3O2.2ClH/c1-3-15-13-19(9-8-18(15)10-11-21-4-2)16(20)12-14-6-5-7-17-14;;/h14-15,17H,3-13H2,1-2H3;2*1H. The van der Waals surface area contributed by atoms with Gasteiger partial charge in [0.05, 0.1) is 6.61 Å². The molecule has 23 heavy (non-hydrogen) atoms. The lowest BCUT2D eigenvalue weighted by atomic mass is 10.1. The van der Waals surface area contributed by atoms with Gasteiger partial charge in [-0.05, 0) is 32.7 Å². The van der Waals surface area contributed by atoms with Crippen LogP contribution in [0.15, 0.2) is 0 Å². The third-order valence-electron chi connectivity index (χ3n) is 4.74. The molecule has 7 heteroatoms. The van der Waals surface area contributed by atoms with Gasteiger partial charge in [0.15, 0.2) is 0 Å². The topological polar surface area (TPSA) is 44.8 Å². The van der Waals surface area contributed by atoms with E-state index < -0.39 is 0 Å². The lowest BCUT2D eigenvalue weighted by molar-refractivity contribution is -0.134. The second kappa shape index (κ2) is 12.3. The van der Waals surface area contributed by atoms with Crippen LogP contribution in [0.4, 0.5) is 0 Å². The summed E-state index contributed by atoms with van der Waals surface area (Å²) >= 11 is 0. The zero-order valence-electron chi connectivity index (χ0n) is 14.5. The summed E-state index contributed by atoms with van der Waals surface area (Å²) in [5, 5.41) is 3.42. The molecule has 0 saturated carbocycles. The number of piperazine rings is 1. The molecule has 0 aliphatic carbocycles. The number of amides is 1. The smallest absolute Gasteiger partial charge is 0.224 e. The minimum atomic E-state index is 0. The number of hydrogen-bond donors (Lipinski definition) is 1. The van der Waals surface area contributed by atoms with Crippen LogP contribution in [0.5, 0.6) is 0 Å². The van der Waals surface area contributed by atoms with Crippen molar-refractivity contribution in [1.82, 2.24) is 15.1 Å². The molecule has 2 fully saturated rings. The lowest BCUT2D eigenvalue weighted by Gasteiger charge is -2.41. The molecule has 2 saturated heterocycles. The highest BCUT2D eigenvalue weighted by Gasteiger charge is 2.29. The van der Waals surface area contributed by atoms with Crippen LogP contribution in [0.2, 0.25) is 0 Å². The molecule has 2 unspecified atom stereocenters. The van der Waals surface area contributed by atoms with Crippen molar-refractivity contribution in [2.24, 2.45) is 0 Å². The second-order valence-corrected chi connectivity index (χ2v) is 6.13. The summed E-state index contributed by atoms with van der Waals surface area (Å²) in [5.41, 5.74) is 0. The number of rotatable bonds is 7. The molecule has 2 rings (SSSR count). The fourth-order valence-electron chi connectivity index (χ4n) is 3.40. The van der Waals surface area contributed by atoms with Crippen molar-refractivity contribution in [3.05, 3.63) is 0 Å². The van der Waals surface area contributed by atoms with Gasteiger partial charge in [-0.15, -0.1) is 24.8 Å². The molecule has 2 aliphatic rings. The van der Waals surface area contributed by atoms with E-state index in [9.17, 15) is 4.79 Å². The molecule has 1 N–H and O–H groups in total. The number of hydrogen-bond acceptors (Lipinski definition) is 4. The summed E-state index contributed by atoms with van der Waals surface area (Å²) in [6.07, 6.45) is 4.13. The SMILES string of the molecule is CCOCCN1CCN(C(=O)CC2CCCN2)CC1CC.Cl.Cl. The maximum absolute atomic E-state index is 12.4. The summed E-state index contributed by atoms with van der Waals surface area (Å²) in [6, 6.07) is 0.897. The Morgan fingerprint density at radius 2 is 2.04 bits per heavy atom. The maximum Gasteiger partial charge on any atom is 0.224 e. The van der Waals surface area contributed by atoms with Crippen LogP contribution in [0.1, 0.15) is 39.5 Å². The molecule has 0 spiro atoms. The van der Waals surface area contributed by atoms with E-state index >= 15 is 0 Å². The van der Waals surface area contributed by atoms with E-state index in [1.165, 1.54) is 6.42 Å². The molecule has 0 aromatic carbocycles. The van der Waals surface area contributed by atoms with E-state index in [2.05, 4.69) is 22.0 Å². The Morgan fingerprint density at radius 1 is 1.26 bits per heavy atom. The number of ether oxygens (including phenoxy) is 1. The average molecular weight is 370 g/mol. The molecule has 2 atom stereocenters. The number of halogens is 2. The van der Waals surface area contributed by atoms with Crippen molar-refractivity contribution in [3.63, 3.8) is 0 Å². The van der Waals surface area contributed by atoms with Gasteiger partial charge < -0.3 is 15.0 Å². The van der Waals surface area contributed by atoms with E-state index in [0.717, 1.165) is 58.8 Å². The predicted octanol–water partition coefficient (Wildman–Crippen LogP) is 1.93. The molecule has 0 aromatic heterocycles. The van der Waals surface area contributed by atoms with E-state index in [1.54, 1.807) is 0 Å². The Labute approximate surface area is 153 Å². The Balaban J connectivity index is 0.00000242. The lowest BCUT2D eigenvalue weighted by Crippen LogP contribution is -2.55. The first-order chi connectivity index (χ1) is 10.2. The van der Waals surface area contributed by atoms with E-state index in [-0.39, 0.29) is 24.8 Å². The quantitative estimate of drug-likeness (QED) is 0.696. The van der Waals surface area contributed by atoms with Crippen molar-refractivity contribution >= 4 is 30.7 Å². The molecule has 5 nitrogen and oxygen atoms in total. The summed E-state index contributed by atoms with van der Waals surface area (Å²) in [7, 11) is 0. The van der Waals surface area contributed by atoms with Gasteiger partial charge in [0.1, 0.15) is 0 Å². The van der Waals surface area contributed by atoms with Crippen molar-refractivity contribution in [3.8, 4) is 0 Å². The predicted molar refractivity (Wildman–Crippen MR) is 98.9 cm³/mol. The highest BCUT2D eigenvalue weighted by Crippen LogP contribution is 2.16. The number of nitrogens with zero attached hydrogens (tertiary/aromatic N) is 2. The molecular formula is C16H33Cl2N3O2. The summed E-state index contributed by atoms with van der Waals surface area (Å²) in [4.78, 5) is 17.0. The fraction of sp³-hybridized carbons (Fsp3) is 0.938. The van der Waals surface area contributed by atoms with E-state index in [0.29, 0.717) is 24.4 Å². The highest BCUT2D eigenvalue weighted by molar-refractivity contribution is 5.85. The molecule has 1 amide bonds. The Bertz CT molecular complexity index is 328. The Kier molecular flexibility index (Phi) is 12.3. The van der Waals surface area contributed by atoms with Gasteiger partial charge in [0.2, 0.25) is 5.91 Å². The zero-order valence-corrected chi connectivity index (χ0v) is 16.1. The number of carbonyl (C=O) groups excluding carboxylic acids is 1. The third-order valence-corrected chi connectivity index (χ3v) is 4.74. The zero-order chi connectivity index (χ0) is 15.1. The molecular weight excluding hydrogens is 337 g/mol. The van der Waals surface area contributed by atoms with Gasteiger partial charge >= 0.3 is 0 Å². The van der Waals surface area contributed by atoms with Gasteiger partial charge in [-0.25, -0.2) is 0 Å². The Hall–Kier alpha value is -0.0700. The first-order valence-corrected chi connectivity index (χ1v) is 8.57. The molecule has 0 radical (unpaired) electrons. The van der Waals surface area contributed by atoms with E-state index in [1.807, 2.05) is 6.92 Å². The average Bonchev–Trinajstić information content (AvgIpc) is 3.00. The minimum absolute atomic E-state index is 0. The number of carbonyl (C=O) groups is 1. The van der Waals surface area contributed by atoms with Crippen LogP contribution in [0.3, 0.4) is 0 Å². The van der Waals surface area contributed by atoms with Gasteiger partial charge in [0.25, 0.3) is 0 Å². The molecule has 2 heterocycles. The van der Waals surface area contributed by atoms with Crippen molar-refractivity contribution < 1.29 is 9.53 Å². The Morgan fingerprint density at radius 3 is 2.65 bits per heavy atom. The summed E-state index contributed by atoms with van der Waals surface area (Å²) in [5.74, 6) is 0.331. The van der Waals surface area contributed by atoms with Crippen LogP contribution in [-0.4, -0.2) is 73.7 Å². The fourth-order valence-corrected chi connectivity index (χ4v) is 3.40. The first kappa shape index (κ1) is 22.9. The largest absolute Gasteiger partial charge is 0.380 e. The van der Waals surface area contributed by atoms with Crippen molar-refractivity contribution in [2.45, 2.75) is 51.6 Å². The minimum Gasteiger partial charge on any atom is -0.380 e. The van der Waals surface area contributed by atoms with Crippen LogP contribution >= 0.6 is 24.8 Å². The summed E-state index contributed by atoms with van der Waals surface area (Å²) in [6.45, 7) is 10.6. The van der Waals surface area contributed by atoms with Gasteiger partial charge in [-0.3, -0.25) is 9.69 Å². The summed E-state index contributed by atoms with van der Waals surface area (Å²) < 4.78 is 5.46. The maximum atomic E-state index is 12.4. The monoisotopic (exact) mass is 369 g/mol. The molecule has 138 valence electrons.